The number of nitrogens with two attached hydrogens (primary N) is 1. The molecule has 0 aliphatic carbocycles. The second kappa shape index (κ2) is 7.12. The molecule has 0 heterocycles. The highest BCUT2D eigenvalue weighted by Gasteiger charge is 2.16. The lowest BCUT2D eigenvalue weighted by Gasteiger charge is -2.10. The fraction of sp³-hybridized carbons (Fsp3) is 0.250. The maximum absolute atomic E-state index is 11.8. The first-order valence-electron chi connectivity index (χ1n) is 5.53. The lowest BCUT2D eigenvalue weighted by molar-refractivity contribution is -0.152. The van der Waals surface area contributed by atoms with E-state index in [2.05, 4.69) is 10.1 Å². The van der Waals surface area contributed by atoms with Crippen molar-refractivity contribution in [1.82, 2.24) is 5.32 Å². The smallest absolute Gasteiger partial charge is 0.326 e. The molecule has 0 aliphatic rings. The number of hydrogen-bond acceptors (Lipinski definition) is 4. The molecule has 0 saturated carbocycles. The van der Waals surface area contributed by atoms with Gasteiger partial charge in [-0.1, -0.05) is 23.2 Å². The van der Waals surface area contributed by atoms with E-state index in [1.54, 1.807) is 0 Å². The van der Waals surface area contributed by atoms with E-state index >= 15 is 0 Å². The van der Waals surface area contributed by atoms with Gasteiger partial charge < -0.3 is 15.8 Å². The average molecular weight is 319 g/mol. The van der Waals surface area contributed by atoms with Crippen LogP contribution in [0.1, 0.15) is 17.3 Å². The Morgan fingerprint density at radius 3 is 2.55 bits per heavy atom. The van der Waals surface area contributed by atoms with Crippen molar-refractivity contribution in [3.8, 4) is 0 Å². The van der Waals surface area contributed by atoms with Crippen molar-refractivity contribution in [2.75, 3.05) is 6.54 Å². The Morgan fingerprint density at radius 1 is 1.35 bits per heavy atom. The number of esters is 1. The molecule has 0 saturated heterocycles. The van der Waals surface area contributed by atoms with E-state index in [1.165, 1.54) is 25.1 Å². The lowest BCUT2D eigenvalue weighted by atomic mass is 10.2. The molecular formula is C12H12Cl2N2O4. The van der Waals surface area contributed by atoms with E-state index < -0.39 is 30.4 Å². The molecular weight excluding hydrogens is 307 g/mol. The summed E-state index contributed by atoms with van der Waals surface area (Å²) in [7, 11) is 0. The summed E-state index contributed by atoms with van der Waals surface area (Å²) in [6.45, 7) is 0.924. The van der Waals surface area contributed by atoms with E-state index in [9.17, 15) is 14.4 Å². The van der Waals surface area contributed by atoms with Crippen LogP contribution in [0.5, 0.6) is 0 Å². The van der Waals surface area contributed by atoms with Gasteiger partial charge in [0.05, 0.1) is 10.6 Å². The van der Waals surface area contributed by atoms with Crippen LogP contribution in [0.25, 0.3) is 0 Å². The quantitative estimate of drug-likeness (QED) is 0.795. The van der Waals surface area contributed by atoms with Crippen LogP contribution in [0, 0.1) is 0 Å². The number of halogens is 2. The first kappa shape index (κ1) is 16.3. The molecule has 6 nitrogen and oxygen atoms in total. The summed E-state index contributed by atoms with van der Waals surface area (Å²) < 4.78 is 4.67. The summed E-state index contributed by atoms with van der Waals surface area (Å²) in [6.07, 6.45) is -1.06. The molecule has 3 N–H and O–H groups in total. The zero-order valence-electron chi connectivity index (χ0n) is 10.5. The minimum absolute atomic E-state index is 0.161. The average Bonchev–Trinajstić information content (AvgIpc) is 2.35. The van der Waals surface area contributed by atoms with Crippen LogP contribution >= 0.6 is 23.2 Å². The summed E-state index contributed by atoms with van der Waals surface area (Å²) in [4.78, 5) is 33.8. The number of nitrogens with one attached hydrogen (secondary N) is 1. The largest absolute Gasteiger partial charge is 0.451 e. The van der Waals surface area contributed by atoms with Gasteiger partial charge in [0.15, 0.2) is 6.10 Å². The first-order chi connectivity index (χ1) is 9.31. The Kier molecular flexibility index (Phi) is 5.79. The van der Waals surface area contributed by atoms with Crippen molar-refractivity contribution in [3.05, 3.63) is 33.8 Å². The van der Waals surface area contributed by atoms with Crippen LogP contribution in [-0.2, 0) is 14.3 Å². The fourth-order valence-electron chi connectivity index (χ4n) is 1.22. The summed E-state index contributed by atoms with van der Waals surface area (Å²) in [5.41, 5.74) is 5.10. The number of rotatable bonds is 5. The van der Waals surface area contributed by atoms with E-state index in [4.69, 9.17) is 28.9 Å². The zero-order valence-corrected chi connectivity index (χ0v) is 12.0. The number of carbonyl (C=O) groups excluding carboxylic acids is 3. The van der Waals surface area contributed by atoms with E-state index in [0.717, 1.165) is 0 Å². The number of benzene rings is 1. The normalized spacial score (nSPS) is 11.6. The summed E-state index contributed by atoms with van der Waals surface area (Å²) in [6, 6.07) is 4.33. The van der Waals surface area contributed by atoms with Crippen molar-refractivity contribution in [1.29, 1.82) is 0 Å². The van der Waals surface area contributed by atoms with Crippen molar-refractivity contribution in [3.63, 3.8) is 0 Å². The molecule has 1 atom stereocenters. The first-order valence-corrected chi connectivity index (χ1v) is 6.29. The number of carbonyl (C=O) groups is 3. The minimum atomic E-state index is -1.06. The Balaban J connectivity index is 2.55. The van der Waals surface area contributed by atoms with Crippen LogP contribution < -0.4 is 11.1 Å². The van der Waals surface area contributed by atoms with Crippen molar-refractivity contribution < 1.29 is 19.1 Å². The number of primary amides is 1. The fourth-order valence-corrected chi connectivity index (χ4v) is 1.71. The minimum Gasteiger partial charge on any atom is -0.451 e. The third-order valence-electron chi connectivity index (χ3n) is 2.28. The Morgan fingerprint density at radius 2 is 2.00 bits per heavy atom. The van der Waals surface area contributed by atoms with Crippen LogP contribution in [0.2, 0.25) is 10.0 Å². The maximum Gasteiger partial charge on any atom is 0.326 e. The van der Waals surface area contributed by atoms with E-state index in [1.807, 2.05) is 0 Å². The van der Waals surface area contributed by atoms with Crippen molar-refractivity contribution in [2.24, 2.45) is 5.73 Å². The monoisotopic (exact) mass is 318 g/mol. The second-order valence-corrected chi connectivity index (χ2v) is 4.68. The lowest BCUT2D eigenvalue weighted by Crippen LogP contribution is -2.36. The zero-order chi connectivity index (χ0) is 15.3. The van der Waals surface area contributed by atoms with Gasteiger partial charge in [0, 0.05) is 5.02 Å². The molecule has 0 aromatic heterocycles. The molecule has 1 aromatic rings. The molecule has 1 aromatic carbocycles. The van der Waals surface area contributed by atoms with Gasteiger partial charge >= 0.3 is 5.97 Å². The summed E-state index contributed by atoms with van der Waals surface area (Å²) >= 11 is 11.5. The molecule has 0 unspecified atom stereocenters. The predicted molar refractivity (Wildman–Crippen MR) is 73.5 cm³/mol. The standard InChI is InChI=1S/C12H12Cl2N2O4/c1-6(11(15)18)20-10(17)5-16-12(19)8-3-2-7(13)4-9(8)14/h2-4,6H,5H2,1H3,(H2,15,18)(H,16,19)/t6-/m0/s1. The van der Waals surface area contributed by atoms with E-state index in [0.29, 0.717) is 5.02 Å². The second-order valence-electron chi connectivity index (χ2n) is 3.84. The van der Waals surface area contributed by atoms with Crippen molar-refractivity contribution in [2.45, 2.75) is 13.0 Å². The molecule has 1 rings (SSSR count). The van der Waals surface area contributed by atoms with Gasteiger partial charge in [-0.15, -0.1) is 0 Å². The van der Waals surface area contributed by atoms with Gasteiger partial charge in [0.2, 0.25) is 0 Å². The van der Waals surface area contributed by atoms with Crippen LogP contribution in [0.4, 0.5) is 0 Å². The molecule has 0 radical (unpaired) electrons. The van der Waals surface area contributed by atoms with Gasteiger partial charge in [-0.25, -0.2) is 0 Å². The molecule has 0 aliphatic heterocycles. The van der Waals surface area contributed by atoms with Gasteiger partial charge in [0.25, 0.3) is 11.8 Å². The van der Waals surface area contributed by atoms with Crippen LogP contribution in [0.3, 0.4) is 0 Å². The Hall–Kier alpha value is -1.79. The van der Waals surface area contributed by atoms with Gasteiger partial charge in [-0.3, -0.25) is 14.4 Å². The third kappa shape index (κ3) is 4.71. The number of hydrogen-bond donors (Lipinski definition) is 2. The summed E-state index contributed by atoms with van der Waals surface area (Å²) in [5.74, 6) is -2.12. The maximum atomic E-state index is 11.8. The highest BCUT2D eigenvalue weighted by Crippen LogP contribution is 2.20. The van der Waals surface area contributed by atoms with Gasteiger partial charge in [-0.2, -0.15) is 0 Å². The van der Waals surface area contributed by atoms with E-state index in [-0.39, 0.29) is 10.6 Å². The Bertz CT molecular complexity index is 548. The molecule has 0 fully saturated rings. The SMILES string of the molecule is C[C@H](OC(=O)CNC(=O)c1ccc(Cl)cc1Cl)C(N)=O. The predicted octanol–water partition coefficient (Wildman–Crippen LogP) is 1.14. The Labute approximate surface area is 125 Å². The van der Waals surface area contributed by atoms with Crippen molar-refractivity contribution >= 4 is 41.0 Å². The molecule has 2 amide bonds. The summed E-state index contributed by atoms with van der Waals surface area (Å²) in [5, 5.41) is 2.86. The molecule has 108 valence electrons. The van der Waals surface area contributed by atoms with Crippen LogP contribution in [-0.4, -0.2) is 30.4 Å². The van der Waals surface area contributed by atoms with Crippen LogP contribution in [0.15, 0.2) is 18.2 Å². The molecule has 8 heteroatoms. The third-order valence-corrected chi connectivity index (χ3v) is 2.83. The highest BCUT2D eigenvalue weighted by molar-refractivity contribution is 6.36. The topological polar surface area (TPSA) is 98.5 Å². The van der Waals surface area contributed by atoms with Gasteiger partial charge in [-0.05, 0) is 25.1 Å². The van der Waals surface area contributed by atoms with Gasteiger partial charge in [0.1, 0.15) is 6.54 Å². The number of ether oxygens (including phenoxy) is 1. The number of amides is 2. The molecule has 20 heavy (non-hydrogen) atoms. The molecule has 0 spiro atoms. The molecule has 0 bridgehead atoms. The highest BCUT2D eigenvalue weighted by atomic mass is 35.5.